The first-order valence-electron chi connectivity index (χ1n) is 6.28. The Kier molecular flexibility index (Phi) is 5.31. The summed E-state index contributed by atoms with van der Waals surface area (Å²) in [7, 11) is 3.88. The Morgan fingerprint density at radius 3 is 2.39 bits per heavy atom. The van der Waals surface area contributed by atoms with Gasteiger partial charge in [0.1, 0.15) is 5.54 Å². The molecule has 0 aromatic heterocycles. The zero-order chi connectivity index (χ0) is 13.6. The Labute approximate surface area is 109 Å². The van der Waals surface area contributed by atoms with Crippen molar-refractivity contribution < 1.29 is 4.79 Å². The van der Waals surface area contributed by atoms with Crippen LogP contribution in [0, 0.1) is 0 Å². The molecule has 0 aliphatic rings. The van der Waals surface area contributed by atoms with Gasteiger partial charge in [-0.25, -0.2) is 0 Å². The van der Waals surface area contributed by atoms with E-state index in [-0.39, 0.29) is 5.91 Å². The molecule has 0 heterocycles. The number of nitrogens with two attached hydrogens (primary N) is 1. The number of nitrogens with one attached hydrogen (secondary N) is 1. The number of benzene rings is 1. The molecule has 1 aromatic carbocycles. The maximum Gasteiger partial charge on any atom is 0.243 e. The molecule has 0 fully saturated rings. The van der Waals surface area contributed by atoms with E-state index in [1.54, 1.807) is 0 Å². The molecule has 1 unspecified atom stereocenters. The van der Waals surface area contributed by atoms with Crippen LogP contribution >= 0.6 is 0 Å². The fourth-order valence-electron chi connectivity index (χ4n) is 2.09. The average Bonchev–Trinajstić information content (AvgIpc) is 2.34. The standard InChI is InChI=1S/C14H23N3O/c1-4-10-16-14(13(15)18,11-17(2)3)12-8-6-5-7-9-12/h5-9,16H,4,10-11H2,1-3H3,(H2,15,18). The molecule has 3 N–H and O–H groups in total. The molecule has 4 nitrogen and oxygen atoms in total. The van der Waals surface area contributed by atoms with Crippen LogP contribution in [0.2, 0.25) is 0 Å². The molecule has 0 aliphatic carbocycles. The van der Waals surface area contributed by atoms with Crippen molar-refractivity contribution in [3.8, 4) is 0 Å². The molecule has 0 spiro atoms. The molecule has 0 saturated carbocycles. The zero-order valence-electron chi connectivity index (χ0n) is 11.4. The van der Waals surface area contributed by atoms with Gasteiger partial charge in [0.15, 0.2) is 0 Å². The first-order chi connectivity index (χ1) is 8.53. The van der Waals surface area contributed by atoms with Gasteiger partial charge in [0.05, 0.1) is 0 Å². The Morgan fingerprint density at radius 1 is 1.33 bits per heavy atom. The van der Waals surface area contributed by atoms with Crippen molar-refractivity contribution in [2.24, 2.45) is 5.73 Å². The minimum Gasteiger partial charge on any atom is -0.368 e. The molecule has 100 valence electrons. The predicted molar refractivity (Wildman–Crippen MR) is 74.2 cm³/mol. The second kappa shape index (κ2) is 6.52. The Morgan fingerprint density at radius 2 is 1.94 bits per heavy atom. The number of nitrogens with zero attached hydrogens (tertiary/aromatic N) is 1. The lowest BCUT2D eigenvalue weighted by atomic mass is 9.88. The fraction of sp³-hybridized carbons (Fsp3) is 0.500. The number of likely N-dealkylation sites (N-methyl/N-ethyl adjacent to an activating group) is 1. The van der Waals surface area contributed by atoms with Crippen molar-refractivity contribution in [3.63, 3.8) is 0 Å². The van der Waals surface area contributed by atoms with Gasteiger partial charge in [0.25, 0.3) is 0 Å². The molecule has 1 atom stereocenters. The van der Waals surface area contributed by atoms with Crippen molar-refractivity contribution in [1.29, 1.82) is 0 Å². The Balaban J connectivity index is 3.15. The maximum absolute atomic E-state index is 12.0. The molecular formula is C14H23N3O. The van der Waals surface area contributed by atoms with Crippen LogP contribution in [0.4, 0.5) is 0 Å². The molecule has 4 heteroatoms. The van der Waals surface area contributed by atoms with Crippen molar-refractivity contribution in [2.45, 2.75) is 18.9 Å². The van der Waals surface area contributed by atoms with E-state index in [0.717, 1.165) is 18.5 Å². The van der Waals surface area contributed by atoms with Crippen LogP contribution in [-0.2, 0) is 10.3 Å². The quantitative estimate of drug-likeness (QED) is 0.756. The lowest BCUT2D eigenvalue weighted by Crippen LogP contribution is -2.58. The van der Waals surface area contributed by atoms with Crippen molar-refractivity contribution >= 4 is 5.91 Å². The first-order valence-corrected chi connectivity index (χ1v) is 6.28. The molecule has 0 saturated heterocycles. The van der Waals surface area contributed by atoms with Crippen LogP contribution in [0.5, 0.6) is 0 Å². The van der Waals surface area contributed by atoms with E-state index in [1.165, 1.54) is 0 Å². The van der Waals surface area contributed by atoms with Crippen molar-refractivity contribution in [3.05, 3.63) is 35.9 Å². The summed E-state index contributed by atoms with van der Waals surface area (Å²) in [5, 5.41) is 3.31. The molecule has 0 bridgehead atoms. The summed E-state index contributed by atoms with van der Waals surface area (Å²) in [6.07, 6.45) is 0.954. The Bertz CT molecular complexity index is 378. The highest BCUT2D eigenvalue weighted by molar-refractivity contribution is 5.86. The van der Waals surface area contributed by atoms with Crippen LogP contribution in [0.3, 0.4) is 0 Å². The second-order valence-electron chi connectivity index (χ2n) is 4.80. The maximum atomic E-state index is 12.0. The van der Waals surface area contributed by atoms with Gasteiger partial charge in [-0.05, 0) is 32.6 Å². The molecular weight excluding hydrogens is 226 g/mol. The summed E-state index contributed by atoms with van der Waals surface area (Å²) in [6, 6.07) is 9.67. The van der Waals surface area contributed by atoms with E-state index >= 15 is 0 Å². The van der Waals surface area contributed by atoms with Crippen LogP contribution < -0.4 is 11.1 Å². The SMILES string of the molecule is CCCNC(CN(C)C)(C(N)=O)c1ccccc1. The second-order valence-corrected chi connectivity index (χ2v) is 4.80. The predicted octanol–water partition coefficient (Wildman–Crippen LogP) is 0.928. The van der Waals surface area contributed by atoms with Gasteiger partial charge >= 0.3 is 0 Å². The average molecular weight is 249 g/mol. The van der Waals surface area contributed by atoms with Crippen molar-refractivity contribution in [1.82, 2.24) is 10.2 Å². The third-order valence-corrected chi connectivity index (χ3v) is 2.92. The largest absolute Gasteiger partial charge is 0.368 e. The molecule has 18 heavy (non-hydrogen) atoms. The van der Waals surface area contributed by atoms with Crippen LogP contribution in [0.25, 0.3) is 0 Å². The van der Waals surface area contributed by atoms with Crippen molar-refractivity contribution in [2.75, 3.05) is 27.2 Å². The number of rotatable bonds is 7. The van der Waals surface area contributed by atoms with E-state index in [4.69, 9.17) is 5.73 Å². The van der Waals surface area contributed by atoms with E-state index < -0.39 is 5.54 Å². The van der Waals surface area contributed by atoms with Gasteiger partial charge in [0, 0.05) is 6.54 Å². The zero-order valence-corrected chi connectivity index (χ0v) is 11.4. The number of primary amides is 1. The van der Waals surface area contributed by atoms with Gasteiger partial charge in [-0.2, -0.15) is 0 Å². The summed E-state index contributed by atoms with van der Waals surface area (Å²) >= 11 is 0. The van der Waals surface area contributed by atoms with Crippen LogP contribution in [0.1, 0.15) is 18.9 Å². The lowest BCUT2D eigenvalue weighted by Gasteiger charge is -2.34. The minimum atomic E-state index is -0.819. The topological polar surface area (TPSA) is 58.4 Å². The number of amides is 1. The summed E-state index contributed by atoms with van der Waals surface area (Å²) in [4.78, 5) is 14.0. The highest BCUT2D eigenvalue weighted by Crippen LogP contribution is 2.21. The van der Waals surface area contributed by atoms with Gasteiger partial charge in [-0.1, -0.05) is 37.3 Å². The number of hydrogen-bond acceptors (Lipinski definition) is 3. The highest BCUT2D eigenvalue weighted by Gasteiger charge is 2.38. The van der Waals surface area contributed by atoms with Gasteiger partial charge in [-0.15, -0.1) is 0 Å². The molecule has 0 aliphatic heterocycles. The number of carbonyl (C=O) groups is 1. The summed E-state index contributed by atoms with van der Waals surface area (Å²) < 4.78 is 0. The summed E-state index contributed by atoms with van der Waals surface area (Å²) in [5.74, 6) is -0.337. The van der Waals surface area contributed by atoms with E-state index in [2.05, 4.69) is 12.2 Å². The monoisotopic (exact) mass is 249 g/mol. The van der Waals surface area contributed by atoms with E-state index in [9.17, 15) is 4.79 Å². The molecule has 1 aromatic rings. The molecule has 1 amide bonds. The number of carbonyl (C=O) groups excluding carboxylic acids is 1. The first kappa shape index (κ1) is 14.7. The van der Waals surface area contributed by atoms with Gasteiger partial charge < -0.3 is 10.6 Å². The molecule has 1 rings (SSSR count). The van der Waals surface area contributed by atoms with Crippen LogP contribution in [0.15, 0.2) is 30.3 Å². The summed E-state index contributed by atoms with van der Waals surface area (Å²) in [5.41, 5.74) is 5.76. The molecule has 0 radical (unpaired) electrons. The third-order valence-electron chi connectivity index (χ3n) is 2.92. The Hall–Kier alpha value is -1.39. The number of hydrogen-bond donors (Lipinski definition) is 2. The lowest BCUT2D eigenvalue weighted by molar-refractivity contribution is -0.125. The smallest absolute Gasteiger partial charge is 0.243 e. The third kappa shape index (κ3) is 3.31. The van der Waals surface area contributed by atoms with Crippen LogP contribution in [-0.4, -0.2) is 38.0 Å². The van der Waals surface area contributed by atoms with E-state index in [1.807, 2.05) is 49.3 Å². The fourth-order valence-corrected chi connectivity index (χ4v) is 2.09. The highest BCUT2D eigenvalue weighted by atomic mass is 16.1. The minimum absolute atomic E-state index is 0.337. The summed E-state index contributed by atoms with van der Waals surface area (Å²) in [6.45, 7) is 3.37. The normalized spacial score (nSPS) is 14.4. The van der Waals surface area contributed by atoms with Gasteiger partial charge in [0.2, 0.25) is 5.91 Å². The van der Waals surface area contributed by atoms with Gasteiger partial charge in [-0.3, -0.25) is 10.1 Å². The van der Waals surface area contributed by atoms with E-state index in [0.29, 0.717) is 6.54 Å².